The molecule has 0 amide bonds. The van der Waals surface area contributed by atoms with Gasteiger partial charge >= 0.3 is 0 Å². The van der Waals surface area contributed by atoms with Crippen LogP contribution in [-0.4, -0.2) is 65.4 Å². The monoisotopic (exact) mass is 285 g/mol. The summed E-state index contributed by atoms with van der Waals surface area (Å²) >= 11 is 0. The molecule has 0 aromatic rings. The summed E-state index contributed by atoms with van der Waals surface area (Å²) in [7, 11) is -4.24. The third kappa shape index (κ3) is 7.24. The molecule has 0 saturated heterocycles. The van der Waals surface area contributed by atoms with Crippen molar-refractivity contribution >= 4 is 10.1 Å². The molecule has 0 heterocycles. The van der Waals surface area contributed by atoms with Crippen LogP contribution in [0, 0.1) is 5.92 Å². The van der Waals surface area contributed by atoms with Crippen LogP contribution in [0.15, 0.2) is 0 Å². The van der Waals surface area contributed by atoms with Crippen molar-refractivity contribution in [2.24, 2.45) is 5.92 Å². The van der Waals surface area contributed by atoms with Crippen LogP contribution in [0.5, 0.6) is 0 Å². The third-order valence-corrected chi connectivity index (χ3v) is 3.33. The van der Waals surface area contributed by atoms with Crippen molar-refractivity contribution < 1.29 is 28.3 Å². The van der Waals surface area contributed by atoms with Crippen molar-refractivity contribution in [3.63, 3.8) is 0 Å². The van der Waals surface area contributed by atoms with Gasteiger partial charge < -0.3 is 20.6 Å². The van der Waals surface area contributed by atoms with E-state index in [1.807, 2.05) is 13.8 Å². The molecule has 0 fully saturated rings. The normalized spacial score (nSPS) is 15.1. The van der Waals surface area contributed by atoms with Gasteiger partial charge in [-0.2, -0.15) is 8.42 Å². The molecule has 1 unspecified atom stereocenters. The highest BCUT2D eigenvalue weighted by molar-refractivity contribution is 7.85. The summed E-state index contributed by atoms with van der Waals surface area (Å²) in [5, 5.41) is 30.8. The number of nitrogens with one attached hydrogen (secondary N) is 1. The summed E-state index contributed by atoms with van der Waals surface area (Å²) in [5.41, 5.74) is -0.964. The molecular weight excluding hydrogens is 262 g/mol. The van der Waals surface area contributed by atoms with Gasteiger partial charge in [-0.1, -0.05) is 13.8 Å². The Morgan fingerprint density at radius 2 is 1.72 bits per heavy atom. The van der Waals surface area contributed by atoms with Gasteiger partial charge in [0.15, 0.2) is 0 Å². The van der Waals surface area contributed by atoms with Gasteiger partial charge in [-0.3, -0.25) is 4.55 Å². The molecule has 0 radical (unpaired) electrons. The molecule has 0 aliphatic carbocycles. The molecule has 0 bridgehead atoms. The average molecular weight is 285 g/mol. The Morgan fingerprint density at radius 3 is 2.06 bits per heavy atom. The van der Waals surface area contributed by atoms with Crippen molar-refractivity contribution in [3.05, 3.63) is 0 Å². The van der Waals surface area contributed by atoms with E-state index in [1.165, 1.54) is 0 Å². The third-order valence-electron chi connectivity index (χ3n) is 2.52. The van der Waals surface area contributed by atoms with Crippen LogP contribution in [-0.2, 0) is 10.1 Å². The quantitative estimate of drug-likeness (QED) is 0.329. The molecule has 18 heavy (non-hydrogen) atoms. The molecule has 0 aromatic carbocycles. The number of hydrogen-bond donors (Lipinski definition) is 5. The van der Waals surface area contributed by atoms with Crippen LogP contribution < -0.4 is 5.32 Å². The zero-order valence-corrected chi connectivity index (χ0v) is 11.5. The number of β-amino-alcohol motifs (C(OH)–C–C–N with tert-alkyl or cyclic N) is 1. The molecule has 0 rings (SSSR count). The van der Waals surface area contributed by atoms with E-state index in [-0.39, 0.29) is 25.7 Å². The fourth-order valence-electron chi connectivity index (χ4n) is 1.78. The van der Waals surface area contributed by atoms with Gasteiger partial charge in [0.1, 0.15) is 5.75 Å². The van der Waals surface area contributed by atoms with E-state index in [0.717, 1.165) is 0 Å². The second kappa shape index (κ2) is 7.37. The Labute approximate surface area is 108 Å². The molecule has 0 aliphatic heterocycles. The molecule has 0 saturated carbocycles. The van der Waals surface area contributed by atoms with Gasteiger partial charge in [0.05, 0.1) is 24.9 Å². The molecule has 1 atom stereocenters. The Hall–Kier alpha value is -0.250. The van der Waals surface area contributed by atoms with Gasteiger partial charge in [0.2, 0.25) is 0 Å². The minimum absolute atomic E-state index is 0.145. The lowest BCUT2D eigenvalue weighted by Gasteiger charge is -2.33. The average Bonchev–Trinajstić information content (AvgIpc) is 2.21. The summed E-state index contributed by atoms with van der Waals surface area (Å²) in [6.45, 7) is 3.01. The van der Waals surface area contributed by atoms with Gasteiger partial charge in [0.25, 0.3) is 10.1 Å². The number of aliphatic hydroxyl groups is 3. The summed E-state index contributed by atoms with van der Waals surface area (Å²) in [6.07, 6.45) is -0.830. The van der Waals surface area contributed by atoms with E-state index in [9.17, 15) is 23.7 Å². The van der Waals surface area contributed by atoms with Crippen LogP contribution >= 0.6 is 0 Å². The summed E-state index contributed by atoms with van der Waals surface area (Å²) < 4.78 is 29.7. The Balaban J connectivity index is 4.43. The Kier molecular flexibility index (Phi) is 7.26. The van der Waals surface area contributed by atoms with Crippen molar-refractivity contribution in [1.82, 2.24) is 5.32 Å². The van der Waals surface area contributed by atoms with Crippen LogP contribution in [0.3, 0.4) is 0 Å². The predicted octanol–water partition coefficient (Wildman–Crippen LogP) is -1.41. The zero-order valence-electron chi connectivity index (χ0n) is 10.7. The standard InChI is InChI=1S/C10H23NO6S/c1-8(2)3-10(6-12,7-13)11-4-9(14)5-18(15,16)17/h8-9,11-14H,3-7H2,1-2H3,(H,15,16,17). The fourth-order valence-corrected chi connectivity index (χ4v) is 2.39. The first-order valence-corrected chi connectivity index (χ1v) is 7.35. The SMILES string of the molecule is CC(C)CC(CO)(CO)NCC(O)CS(=O)(=O)O. The maximum absolute atomic E-state index is 10.6. The first kappa shape index (κ1) is 17.8. The first-order valence-electron chi connectivity index (χ1n) is 5.74. The lowest BCUT2D eigenvalue weighted by atomic mass is 9.90. The van der Waals surface area contributed by atoms with E-state index >= 15 is 0 Å². The van der Waals surface area contributed by atoms with Crippen LogP contribution in [0.4, 0.5) is 0 Å². The van der Waals surface area contributed by atoms with E-state index in [4.69, 9.17) is 4.55 Å². The molecular formula is C10H23NO6S. The minimum Gasteiger partial charge on any atom is -0.394 e. The second-order valence-corrected chi connectivity index (χ2v) is 6.47. The van der Waals surface area contributed by atoms with E-state index in [1.54, 1.807) is 0 Å². The van der Waals surface area contributed by atoms with E-state index in [2.05, 4.69) is 5.32 Å². The van der Waals surface area contributed by atoms with Crippen molar-refractivity contribution in [3.8, 4) is 0 Å². The molecule has 0 aliphatic rings. The van der Waals surface area contributed by atoms with Crippen molar-refractivity contribution in [2.75, 3.05) is 25.5 Å². The number of hydrogen-bond acceptors (Lipinski definition) is 6. The van der Waals surface area contributed by atoms with Gasteiger partial charge in [-0.05, 0) is 12.3 Å². The molecule has 0 aromatic heterocycles. The Morgan fingerprint density at radius 1 is 1.22 bits per heavy atom. The van der Waals surface area contributed by atoms with E-state index in [0.29, 0.717) is 6.42 Å². The largest absolute Gasteiger partial charge is 0.394 e. The zero-order chi connectivity index (χ0) is 14.4. The van der Waals surface area contributed by atoms with Crippen LogP contribution in [0.25, 0.3) is 0 Å². The summed E-state index contributed by atoms with van der Waals surface area (Å²) in [6, 6.07) is 0. The van der Waals surface area contributed by atoms with Gasteiger partial charge in [-0.15, -0.1) is 0 Å². The maximum atomic E-state index is 10.6. The fraction of sp³-hybridized carbons (Fsp3) is 1.00. The predicted molar refractivity (Wildman–Crippen MR) is 66.8 cm³/mol. The highest BCUT2D eigenvalue weighted by Gasteiger charge is 2.30. The summed E-state index contributed by atoms with van der Waals surface area (Å²) in [5.74, 6) is -0.579. The molecule has 110 valence electrons. The van der Waals surface area contributed by atoms with Gasteiger partial charge in [-0.25, -0.2) is 0 Å². The minimum atomic E-state index is -4.24. The van der Waals surface area contributed by atoms with Crippen LogP contribution in [0.1, 0.15) is 20.3 Å². The smallest absolute Gasteiger partial charge is 0.267 e. The molecule has 0 spiro atoms. The van der Waals surface area contributed by atoms with Gasteiger partial charge in [0, 0.05) is 6.54 Å². The lowest BCUT2D eigenvalue weighted by Crippen LogP contribution is -2.55. The highest BCUT2D eigenvalue weighted by atomic mass is 32.2. The van der Waals surface area contributed by atoms with Crippen LogP contribution in [0.2, 0.25) is 0 Å². The van der Waals surface area contributed by atoms with Crippen molar-refractivity contribution in [1.29, 1.82) is 0 Å². The van der Waals surface area contributed by atoms with E-state index < -0.39 is 27.5 Å². The lowest BCUT2D eigenvalue weighted by molar-refractivity contribution is 0.0622. The van der Waals surface area contributed by atoms with Crippen molar-refractivity contribution in [2.45, 2.75) is 31.9 Å². The summed E-state index contributed by atoms with van der Waals surface area (Å²) in [4.78, 5) is 0. The Bertz CT molecular complexity index is 325. The first-order chi connectivity index (χ1) is 8.14. The maximum Gasteiger partial charge on any atom is 0.267 e. The topological polar surface area (TPSA) is 127 Å². The second-order valence-electron chi connectivity index (χ2n) is 4.98. The highest BCUT2D eigenvalue weighted by Crippen LogP contribution is 2.16. The molecule has 8 heteroatoms. The number of aliphatic hydroxyl groups excluding tert-OH is 3. The number of rotatable bonds is 9. The molecule has 7 nitrogen and oxygen atoms in total. The molecule has 5 N–H and O–H groups in total.